The second-order valence-corrected chi connectivity index (χ2v) is 6.09. The number of nitrogens with one attached hydrogen (secondary N) is 1. The minimum absolute atomic E-state index is 0.513. The molecule has 0 spiro atoms. The van der Waals surface area contributed by atoms with Gasteiger partial charge < -0.3 is 5.11 Å². The lowest BCUT2D eigenvalue weighted by Gasteiger charge is -2.18. The molecule has 1 aromatic rings. The van der Waals surface area contributed by atoms with E-state index < -0.39 is 44.2 Å². The highest BCUT2D eigenvalue weighted by Gasteiger charge is 2.30. The predicted octanol–water partition coefficient (Wildman–Crippen LogP) is 1.08. The van der Waals surface area contributed by atoms with E-state index in [4.69, 9.17) is 10.4 Å². The highest BCUT2D eigenvalue weighted by atomic mass is 32.2. The molecule has 0 aromatic heterocycles. The lowest BCUT2D eigenvalue weighted by atomic mass is 10.1. The van der Waals surface area contributed by atoms with Crippen molar-refractivity contribution in [2.75, 3.05) is 0 Å². The minimum Gasteiger partial charge on any atom is -0.480 e. The van der Waals surface area contributed by atoms with Crippen LogP contribution in [0.1, 0.15) is 19.4 Å². The van der Waals surface area contributed by atoms with E-state index in [9.17, 15) is 17.6 Å². The third-order valence-corrected chi connectivity index (χ3v) is 4.08. The summed E-state index contributed by atoms with van der Waals surface area (Å²) in [7, 11) is -4.31. The molecule has 6 nitrogen and oxygen atoms in total. The summed E-state index contributed by atoms with van der Waals surface area (Å²) in [6.07, 6.45) is 0. The molecule has 0 saturated heterocycles. The molecule has 0 saturated carbocycles. The van der Waals surface area contributed by atoms with Crippen LogP contribution in [-0.2, 0) is 14.8 Å². The van der Waals surface area contributed by atoms with Crippen LogP contribution in [0.25, 0.3) is 0 Å². The van der Waals surface area contributed by atoms with Crippen molar-refractivity contribution in [1.29, 1.82) is 5.26 Å². The Balaban J connectivity index is 3.29. The zero-order chi connectivity index (χ0) is 15.5. The lowest BCUT2D eigenvalue weighted by Crippen LogP contribution is -2.44. The maximum Gasteiger partial charge on any atom is 0.322 e. The molecule has 0 heterocycles. The van der Waals surface area contributed by atoms with Gasteiger partial charge in [0.25, 0.3) is 0 Å². The first kappa shape index (κ1) is 16.1. The number of nitriles is 1. The number of aliphatic carboxylic acids is 1. The fraction of sp³-hybridized carbons (Fsp3) is 0.333. The summed E-state index contributed by atoms with van der Waals surface area (Å²) in [5.41, 5.74) is -0.645. The van der Waals surface area contributed by atoms with Gasteiger partial charge in [-0.25, -0.2) is 12.8 Å². The molecule has 0 fully saturated rings. The summed E-state index contributed by atoms with van der Waals surface area (Å²) < 4.78 is 39.6. The summed E-state index contributed by atoms with van der Waals surface area (Å²) >= 11 is 0. The van der Waals surface area contributed by atoms with Crippen LogP contribution in [0.2, 0.25) is 0 Å². The Bertz CT molecular complexity index is 665. The summed E-state index contributed by atoms with van der Waals surface area (Å²) in [4.78, 5) is 10.4. The highest BCUT2D eigenvalue weighted by molar-refractivity contribution is 7.89. The Morgan fingerprint density at radius 2 is 2.05 bits per heavy atom. The number of benzene rings is 1. The number of rotatable bonds is 5. The molecule has 1 unspecified atom stereocenters. The van der Waals surface area contributed by atoms with Crippen LogP contribution >= 0.6 is 0 Å². The van der Waals surface area contributed by atoms with Gasteiger partial charge in [-0.2, -0.15) is 9.98 Å². The number of carboxylic acid groups (broad SMARTS) is 1. The molecule has 0 aliphatic rings. The fourth-order valence-corrected chi connectivity index (χ4v) is 3.04. The van der Waals surface area contributed by atoms with E-state index in [-0.39, 0.29) is 0 Å². The first-order valence-electron chi connectivity index (χ1n) is 5.64. The van der Waals surface area contributed by atoms with Crippen LogP contribution < -0.4 is 4.72 Å². The molecule has 0 radical (unpaired) electrons. The molecule has 8 heteroatoms. The summed E-state index contributed by atoms with van der Waals surface area (Å²) in [5, 5.41) is 17.8. The van der Waals surface area contributed by atoms with Crippen molar-refractivity contribution in [3.8, 4) is 6.07 Å². The molecule has 0 amide bonds. The number of nitrogens with zero attached hydrogens (tertiary/aromatic N) is 1. The quantitative estimate of drug-likeness (QED) is 0.846. The van der Waals surface area contributed by atoms with Gasteiger partial charge in [0.2, 0.25) is 10.0 Å². The van der Waals surface area contributed by atoms with Gasteiger partial charge in [0.1, 0.15) is 28.4 Å². The zero-order valence-electron chi connectivity index (χ0n) is 10.8. The van der Waals surface area contributed by atoms with E-state index in [0.29, 0.717) is 0 Å². The third kappa shape index (κ3) is 3.31. The largest absolute Gasteiger partial charge is 0.480 e. The smallest absolute Gasteiger partial charge is 0.322 e. The van der Waals surface area contributed by atoms with Gasteiger partial charge in [0.05, 0.1) is 0 Å². The number of carbonyl (C=O) groups is 1. The monoisotopic (exact) mass is 300 g/mol. The molecule has 108 valence electrons. The van der Waals surface area contributed by atoms with Gasteiger partial charge in [-0.05, 0) is 18.1 Å². The highest BCUT2D eigenvalue weighted by Crippen LogP contribution is 2.19. The minimum atomic E-state index is -4.31. The SMILES string of the molecule is CC(C)C(NS(=O)(=O)c1cccc(F)c1C#N)C(=O)O. The second kappa shape index (κ2) is 5.98. The summed E-state index contributed by atoms with van der Waals surface area (Å²) in [5.74, 6) is -2.84. The van der Waals surface area contributed by atoms with Crippen molar-refractivity contribution in [3.05, 3.63) is 29.6 Å². The summed E-state index contributed by atoms with van der Waals surface area (Å²) in [6, 6.07) is 3.23. The maximum absolute atomic E-state index is 13.4. The van der Waals surface area contributed by atoms with Crippen LogP contribution in [0.5, 0.6) is 0 Å². The van der Waals surface area contributed by atoms with Gasteiger partial charge in [0, 0.05) is 0 Å². The number of hydrogen-bond donors (Lipinski definition) is 2. The van der Waals surface area contributed by atoms with Gasteiger partial charge in [-0.15, -0.1) is 0 Å². The van der Waals surface area contributed by atoms with Gasteiger partial charge >= 0.3 is 5.97 Å². The van der Waals surface area contributed by atoms with E-state index in [1.54, 1.807) is 0 Å². The Morgan fingerprint density at radius 1 is 1.45 bits per heavy atom. The first-order valence-corrected chi connectivity index (χ1v) is 7.12. The maximum atomic E-state index is 13.4. The Labute approximate surface area is 115 Å². The average Bonchev–Trinajstić information content (AvgIpc) is 2.35. The van der Waals surface area contributed by atoms with Gasteiger partial charge in [-0.3, -0.25) is 4.79 Å². The van der Waals surface area contributed by atoms with E-state index in [1.165, 1.54) is 19.9 Å². The summed E-state index contributed by atoms with van der Waals surface area (Å²) in [6.45, 7) is 3.05. The lowest BCUT2D eigenvalue weighted by molar-refractivity contribution is -0.140. The first-order chi connectivity index (χ1) is 9.20. The molecule has 2 N–H and O–H groups in total. The van der Waals surface area contributed by atoms with Crippen molar-refractivity contribution in [2.45, 2.75) is 24.8 Å². The van der Waals surface area contributed by atoms with Crippen molar-refractivity contribution in [3.63, 3.8) is 0 Å². The molecule has 1 atom stereocenters. The number of carboxylic acids is 1. The molecule has 1 aromatic carbocycles. The van der Waals surface area contributed by atoms with Crippen molar-refractivity contribution >= 4 is 16.0 Å². The van der Waals surface area contributed by atoms with Crippen LogP contribution in [-0.4, -0.2) is 25.5 Å². The molecule has 0 aliphatic carbocycles. The molecular formula is C12H13FN2O4S. The average molecular weight is 300 g/mol. The normalized spacial score (nSPS) is 12.9. The molecule has 20 heavy (non-hydrogen) atoms. The Morgan fingerprint density at radius 3 is 2.50 bits per heavy atom. The predicted molar refractivity (Wildman–Crippen MR) is 67.7 cm³/mol. The number of halogens is 1. The Hall–Kier alpha value is -1.98. The fourth-order valence-electron chi connectivity index (χ4n) is 1.54. The zero-order valence-corrected chi connectivity index (χ0v) is 11.6. The van der Waals surface area contributed by atoms with E-state index in [2.05, 4.69) is 0 Å². The Kier molecular flexibility index (Phi) is 4.81. The number of hydrogen-bond acceptors (Lipinski definition) is 4. The molecule has 0 bridgehead atoms. The number of sulfonamides is 1. The molecular weight excluding hydrogens is 287 g/mol. The van der Waals surface area contributed by atoms with Gasteiger partial charge in [-0.1, -0.05) is 19.9 Å². The van der Waals surface area contributed by atoms with Gasteiger partial charge in [0.15, 0.2) is 0 Å². The van der Waals surface area contributed by atoms with Crippen molar-refractivity contribution < 1.29 is 22.7 Å². The molecule has 1 rings (SSSR count). The third-order valence-electron chi connectivity index (χ3n) is 2.59. The van der Waals surface area contributed by atoms with Crippen LogP contribution in [0.15, 0.2) is 23.1 Å². The van der Waals surface area contributed by atoms with Crippen LogP contribution in [0, 0.1) is 23.1 Å². The van der Waals surface area contributed by atoms with E-state index in [0.717, 1.165) is 18.2 Å². The second-order valence-electron chi connectivity index (χ2n) is 4.41. The van der Waals surface area contributed by atoms with Crippen LogP contribution in [0.3, 0.4) is 0 Å². The van der Waals surface area contributed by atoms with E-state index in [1.807, 2.05) is 4.72 Å². The van der Waals surface area contributed by atoms with E-state index >= 15 is 0 Å². The van der Waals surface area contributed by atoms with Crippen molar-refractivity contribution in [1.82, 2.24) is 4.72 Å². The molecule has 0 aliphatic heterocycles. The van der Waals surface area contributed by atoms with Crippen LogP contribution in [0.4, 0.5) is 4.39 Å². The topological polar surface area (TPSA) is 107 Å². The van der Waals surface area contributed by atoms with Crippen molar-refractivity contribution in [2.24, 2.45) is 5.92 Å². The standard InChI is InChI=1S/C12H13FN2O4S/c1-7(2)11(12(16)17)15-20(18,19)10-5-3-4-9(13)8(10)6-14/h3-5,7,11,15H,1-2H3,(H,16,17).